The Morgan fingerprint density at radius 3 is 2.88 bits per heavy atom. The van der Waals surface area contributed by atoms with Gasteiger partial charge in [-0.2, -0.15) is 0 Å². The van der Waals surface area contributed by atoms with E-state index in [-0.39, 0.29) is 11.7 Å². The van der Waals surface area contributed by atoms with E-state index in [0.717, 1.165) is 31.5 Å². The van der Waals surface area contributed by atoms with E-state index in [0.29, 0.717) is 5.56 Å². The lowest BCUT2D eigenvalue weighted by Gasteiger charge is -2.27. The zero-order valence-electron chi connectivity index (χ0n) is 9.54. The van der Waals surface area contributed by atoms with Gasteiger partial charge < -0.3 is 10.4 Å². The second-order valence-electron chi connectivity index (χ2n) is 4.61. The minimum absolute atomic E-state index is 0.204. The summed E-state index contributed by atoms with van der Waals surface area (Å²) in [4.78, 5) is 0. The van der Waals surface area contributed by atoms with Crippen LogP contribution in [0.2, 0.25) is 0 Å². The summed E-state index contributed by atoms with van der Waals surface area (Å²) in [5.74, 6) is -0.0623. The number of aryl methyl sites for hydroxylation is 1. The van der Waals surface area contributed by atoms with Gasteiger partial charge in [0, 0.05) is 12.5 Å². The molecule has 2 rings (SSSR count). The Bertz CT molecular complexity index is 341. The lowest BCUT2D eigenvalue weighted by atomic mass is 9.89. The van der Waals surface area contributed by atoms with Gasteiger partial charge in [0.25, 0.3) is 0 Å². The second-order valence-corrected chi connectivity index (χ2v) is 4.61. The van der Waals surface area contributed by atoms with Gasteiger partial charge in [0.2, 0.25) is 0 Å². The largest absolute Gasteiger partial charge is 0.388 e. The van der Waals surface area contributed by atoms with Crippen molar-refractivity contribution in [1.82, 2.24) is 5.32 Å². The Hall–Kier alpha value is -0.930. The van der Waals surface area contributed by atoms with E-state index in [9.17, 15) is 9.50 Å². The molecule has 1 heterocycles. The third-order valence-electron chi connectivity index (χ3n) is 3.19. The average molecular weight is 223 g/mol. The van der Waals surface area contributed by atoms with Crippen molar-refractivity contribution >= 4 is 0 Å². The fourth-order valence-corrected chi connectivity index (χ4v) is 2.36. The number of piperidine rings is 1. The summed E-state index contributed by atoms with van der Waals surface area (Å²) in [5, 5.41) is 13.4. The maximum absolute atomic E-state index is 13.2. The van der Waals surface area contributed by atoms with Crippen molar-refractivity contribution in [2.75, 3.05) is 13.1 Å². The van der Waals surface area contributed by atoms with E-state index < -0.39 is 6.10 Å². The molecule has 16 heavy (non-hydrogen) atoms. The Kier molecular flexibility index (Phi) is 3.56. The topological polar surface area (TPSA) is 32.3 Å². The van der Waals surface area contributed by atoms with Crippen LogP contribution in [0, 0.1) is 18.7 Å². The van der Waals surface area contributed by atoms with Crippen molar-refractivity contribution in [2.24, 2.45) is 5.92 Å². The minimum atomic E-state index is -0.554. The Morgan fingerprint density at radius 1 is 1.44 bits per heavy atom. The quantitative estimate of drug-likeness (QED) is 0.805. The molecular formula is C13H18FNO. The molecule has 0 saturated carbocycles. The Balaban J connectivity index is 2.15. The molecule has 2 N–H and O–H groups in total. The lowest BCUT2D eigenvalue weighted by Crippen LogP contribution is -2.33. The number of hydrogen-bond donors (Lipinski definition) is 2. The van der Waals surface area contributed by atoms with E-state index in [2.05, 4.69) is 5.32 Å². The van der Waals surface area contributed by atoms with Crippen LogP contribution < -0.4 is 5.32 Å². The zero-order chi connectivity index (χ0) is 11.5. The number of benzene rings is 1. The molecule has 1 aliphatic heterocycles. The monoisotopic (exact) mass is 223 g/mol. The number of aliphatic hydroxyl groups is 1. The Labute approximate surface area is 95.5 Å². The van der Waals surface area contributed by atoms with Crippen molar-refractivity contribution in [2.45, 2.75) is 25.9 Å². The van der Waals surface area contributed by atoms with Gasteiger partial charge in [0.1, 0.15) is 5.82 Å². The first kappa shape index (κ1) is 11.6. The van der Waals surface area contributed by atoms with Crippen molar-refractivity contribution in [1.29, 1.82) is 0 Å². The molecule has 1 fully saturated rings. The van der Waals surface area contributed by atoms with Gasteiger partial charge >= 0.3 is 0 Å². The van der Waals surface area contributed by atoms with Gasteiger partial charge in [0.05, 0.1) is 6.10 Å². The molecule has 1 aliphatic rings. The molecule has 2 nitrogen and oxygen atoms in total. The van der Waals surface area contributed by atoms with E-state index in [1.54, 1.807) is 0 Å². The first-order valence-corrected chi connectivity index (χ1v) is 5.82. The summed E-state index contributed by atoms with van der Waals surface area (Å²) >= 11 is 0. The maximum Gasteiger partial charge on any atom is 0.123 e. The third kappa shape index (κ3) is 2.60. The van der Waals surface area contributed by atoms with E-state index in [4.69, 9.17) is 0 Å². The van der Waals surface area contributed by atoms with Crippen LogP contribution in [0.4, 0.5) is 4.39 Å². The lowest BCUT2D eigenvalue weighted by molar-refractivity contribution is 0.0918. The Morgan fingerprint density at radius 2 is 2.25 bits per heavy atom. The molecule has 0 amide bonds. The van der Waals surface area contributed by atoms with Crippen LogP contribution in [-0.4, -0.2) is 18.2 Å². The standard InChI is InChI=1S/C13H18FNO/c1-9-5-11(7-12(14)6-9)13(16)10-3-2-4-15-8-10/h5-7,10,13,15-16H,2-4,8H2,1H3. The van der Waals surface area contributed by atoms with Gasteiger partial charge in [-0.3, -0.25) is 0 Å². The first-order valence-electron chi connectivity index (χ1n) is 5.82. The number of hydrogen-bond acceptors (Lipinski definition) is 2. The van der Waals surface area contributed by atoms with Crippen LogP contribution in [0.5, 0.6) is 0 Å². The average Bonchev–Trinajstić information content (AvgIpc) is 2.28. The van der Waals surface area contributed by atoms with Crippen molar-refractivity contribution in [3.8, 4) is 0 Å². The summed E-state index contributed by atoms with van der Waals surface area (Å²) in [5.41, 5.74) is 1.56. The molecule has 0 bridgehead atoms. The highest BCUT2D eigenvalue weighted by molar-refractivity contribution is 5.25. The van der Waals surface area contributed by atoms with Crippen LogP contribution in [-0.2, 0) is 0 Å². The van der Waals surface area contributed by atoms with Gasteiger partial charge in [-0.05, 0) is 49.6 Å². The van der Waals surface area contributed by atoms with Gasteiger partial charge in [-0.25, -0.2) is 4.39 Å². The fraction of sp³-hybridized carbons (Fsp3) is 0.538. The molecule has 0 aromatic heterocycles. The molecule has 2 atom stereocenters. The molecule has 0 radical (unpaired) electrons. The van der Waals surface area contributed by atoms with E-state index in [1.165, 1.54) is 12.1 Å². The van der Waals surface area contributed by atoms with Crippen molar-refractivity contribution < 1.29 is 9.50 Å². The molecule has 1 aromatic carbocycles. The molecular weight excluding hydrogens is 205 g/mol. The summed E-state index contributed by atoms with van der Waals surface area (Å²) in [7, 11) is 0. The summed E-state index contributed by atoms with van der Waals surface area (Å²) in [6, 6.07) is 4.78. The third-order valence-corrected chi connectivity index (χ3v) is 3.19. The predicted molar refractivity (Wildman–Crippen MR) is 61.7 cm³/mol. The molecule has 0 aliphatic carbocycles. The van der Waals surface area contributed by atoms with Crippen LogP contribution in [0.25, 0.3) is 0 Å². The van der Waals surface area contributed by atoms with Crippen LogP contribution >= 0.6 is 0 Å². The summed E-state index contributed by atoms with van der Waals surface area (Å²) in [6.07, 6.45) is 1.53. The second kappa shape index (κ2) is 4.93. The van der Waals surface area contributed by atoms with E-state index >= 15 is 0 Å². The van der Waals surface area contributed by atoms with E-state index in [1.807, 2.05) is 13.0 Å². The fourth-order valence-electron chi connectivity index (χ4n) is 2.36. The summed E-state index contributed by atoms with van der Waals surface area (Å²) in [6.45, 7) is 3.68. The predicted octanol–water partition coefficient (Wildman–Crippen LogP) is 2.17. The highest BCUT2D eigenvalue weighted by Gasteiger charge is 2.23. The molecule has 0 spiro atoms. The van der Waals surface area contributed by atoms with Crippen molar-refractivity contribution in [3.05, 3.63) is 35.1 Å². The van der Waals surface area contributed by atoms with Crippen molar-refractivity contribution in [3.63, 3.8) is 0 Å². The summed E-state index contributed by atoms with van der Waals surface area (Å²) < 4.78 is 13.2. The smallest absolute Gasteiger partial charge is 0.123 e. The normalized spacial score (nSPS) is 23.1. The molecule has 1 aromatic rings. The highest BCUT2D eigenvalue weighted by Crippen LogP contribution is 2.28. The van der Waals surface area contributed by atoms with Crippen LogP contribution in [0.3, 0.4) is 0 Å². The number of aliphatic hydroxyl groups excluding tert-OH is 1. The maximum atomic E-state index is 13.2. The first-order chi connectivity index (χ1) is 7.66. The number of nitrogens with one attached hydrogen (secondary N) is 1. The van der Waals surface area contributed by atoms with Crippen LogP contribution in [0.15, 0.2) is 18.2 Å². The molecule has 2 unspecified atom stereocenters. The van der Waals surface area contributed by atoms with Gasteiger partial charge in [-0.1, -0.05) is 6.07 Å². The van der Waals surface area contributed by atoms with Gasteiger partial charge in [-0.15, -0.1) is 0 Å². The van der Waals surface area contributed by atoms with Gasteiger partial charge in [0.15, 0.2) is 0 Å². The minimum Gasteiger partial charge on any atom is -0.388 e. The molecule has 3 heteroatoms. The molecule has 88 valence electrons. The zero-order valence-corrected chi connectivity index (χ0v) is 9.54. The SMILES string of the molecule is Cc1cc(F)cc(C(O)C2CCCNC2)c1. The number of halogens is 1. The van der Waals surface area contributed by atoms with Crippen LogP contribution in [0.1, 0.15) is 30.1 Å². The highest BCUT2D eigenvalue weighted by atomic mass is 19.1. The molecule has 1 saturated heterocycles. The number of rotatable bonds is 2.